The molecule has 0 fully saturated rings. The van der Waals surface area contributed by atoms with Gasteiger partial charge in [-0.15, -0.1) is 0 Å². The van der Waals surface area contributed by atoms with Crippen LogP contribution in [0.3, 0.4) is 0 Å². The zero-order chi connectivity index (χ0) is 10.6. The Balaban J connectivity index is 3.01. The first-order valence-corrected chi connectivity index (χ1v) is 4.20. The number of anilines is 1. The second-order valence-electron chi connectivity index (χ2n) is 2.63. The third kappa shape index (κ3) is 2.32. The van der Waals surface area contributed by atoms with Gasteiger partial charge in [0.25, 0.3) is 6.43 Å². The average molecular weight is 202 g/mol. The molecule has 1 rings (SSSR count). The fraction of sp³-hybridized carbons (Fsp3) is 0.333. The molecule has 3 nitrogen and oxygen atoms in total. The van der Waals surface area contributed by atoms with E-state index in [2.05, 4.69) is 5.43 Å². The van der Waals surface area contributed by atoms with Crippen LogP contribution in [0.1, 0.15) is 18.9 Å². The molecule has 0 bridgehead atoms. The SMILES string of the molecule is CCOc1ccc(NN)c(C(F)F)c1. The highest BCUT2D eigenvalue weighted by Gasteiger charge is 2.13. The van der Waals surface area contributed by atoms with Crippen molar-refractivity contribution in [3.8, 4) is 5.75 Å². The molecular weight excluding hydrogens is 190 g/mol. The Bertz CT molecular complexity index is 305. The van der Waals surface area contributed by atoms with E-state index in [0.717, 1.165) is 0 Å². The highest BCUT2D eigenvalue weighted by molar-refractivity contribution is 5.54. The van der Waals surface area contributed by atoms with E-state index in [0.29, 0.717) is 12.4 Å². The van der Waals surface area contributed by atoms with Gasteiger partial charge in [0.15, 0.2) is 0 Å². The molecule has 0 radical (unpaired) electrons. The molecule has 0 saturated carbocycles. The smallest absolute Gasteiger partial charge is 0.266 e. The summed E-state index contributed by atoms with van der Waals surface area (Å²) in [5.41, 5.74) is 2.27. The highest BCUT2D eigenvalue weighted by Crippen LogP contribution is 2.30. The number of nitrogen functional groups attached to an aromatic ring is 1. The fourth-order valence-electron chi connectivity index (χ4n) is 1.11. The maximum Gasteiger partial charge on any atom is 0.266 e. The summed E-state index contributed by atoms with van der Waals surface area (Å²) in [4.78, 5) is 0. The van der Waals surface area contributed by atoms with E-state index in [4.69, 9.17) is 10.6 Å². The quantitative estimate of drug-likeness (QED) is 0.581. The zero-order valence-corrected chi connectivity index (χ0v) is 7.76. The van der Waals surface area contributed by atoms with Gasteiger partial charge in [-0.2, -0.15) is 0 Å². The Morgan fingerprint density at radius 2 is 2.21 bits per heavy atom. The topological polar surface area (TPSA) is 47.3 Å². The second-order valence-corrected chi connectivity index (χ2v) is 2.63. The molecule has 0 saturated heterocycles. The minimum atomic E-state index is -2.57. The molecule has 78 valence electrons. The summed E-state index contributed by atoms with van der Waals surface area (Å²) >= 11 is 0. The molecule has 3 N–H and O–H groups in total. The van der Waals surface area contributed by atoms with Crippen molar-refractivity contribution in [1.82, 2.24) is 0 Å². The molecule has 0 aliphatic carbocycles. The van der Waals surface area contributed by atoms with Crippen molar-refractivity contribution in [2.24, 2.45) is 5.84 Å². The van der Waals surface area contributed by atoms with E-state index in [1.54, 1.807) is 13.0 Å². The Kier molecular flexibility index (Phi) is 3.64. The van der Waals surface area contributed by atoms with Crippen LogP contribution in [-0.2, 0) is 0 Å². The van der Waals surface area contributed by atoms with Gasteiger partial charge in [0, 0.05) is 5.56 Å². The molecule has 1 aromatic rings. The zero-order valence-electron chi connectivity index (χ0n) is 7.76. The van der Waals surface area contributed by atoms with Gasteiger partial charge in [-0.25, -0.2) is 8.78 Å². The number of ether oxygens (including phenoxy) is 1. The van der Waals surface area contributed by atoms with Crippen molar-refractivity contribution in [3.05, 3.63) is 23.8 Å². The third-order valence-corrected chi connectivity index (χ3v) is 1.72. The summed E-state index contributed by atoms with van der Waals surface area (Å²) in [7, 11) is 0. The van der Waals surface area contributed by atoms with Crippen molar-refractivity contribution < 1.29 is 13.5 Å². The average Bonchev–Trinajstić information content (AvgIpc) is 2.18. The van der Waals surface area contributed by atoms with Gasteiger partial charge >= 0.3 is 0 Å². The molecule has 0 unspecified atom stereocenters. The van der Waals surface area contributed by atoms with Gasteiger partial charge in [-0.05, 0) is 25.1 Å². The van der Waals surface area contributed by atoms with Crippen molar-refractivity contribution in [2.45, 2.75) is 13.3 Å². The molecule has 0 atom stereocenters. The van der Waals surface area contributed by atoms with E-state index < -0.39 is 6.43 Å². The lowest BCUT2D eigenvalue weighted by atomic mass is 10.2. The number of hydrazine groups is 1. The molecule has 0 aliphatic rings. The molecule has 14 heavy (non-hydrogen) atoms. The molecular formula is C9H12F2N2O. The molecule has 0 aromatic heterocycles. The van der Waals surface area contributed by atoms with Crippen LogP contribution in [0.5, 0.6) is 5.75 Å². The number of benzene rings is 1. The molecule has 0 heterocycles. The maximum absolute atomic E-state index is 12.5. The standard InChI is InChI=1S/C9H12F2N2O/c1-2-14-6-3-4-8(13-12)7(5-6)9(10)11/h3-5,9,13H,2,12H2,1H3. The van der Waals surface area contributed by atoms with Crippen LogP contribution in [0.2, 0.25) is 0 Å². The largest absolute Gasteiger partial charge is 0.494 e. The monoisotopic (exact) mass is 202 g/mol. The van der Waals surface area contributed by atoms with Crippen LogP contribution in [0.4, 0.5) is 14.5 Å². The Hall–Kier alpha value is -1.36. The van der Waals surface area contributed by atoms with E-state index in [1.165, 1.54) is 12.1 Å². The lowest BCUT2D eigenvalue weighted by molar-refractivity contribution is 0.151. The van der Waals surface area contributed by atoms with E-state index in [-0.39, 0.29) is 11.3 Å². The van der Waals surface area contributed by atoms with Crippen LogP contribution < -0.4 is 16.0 Å². The first-order valence-electron chi connectivity index (χ1n) is 4.20. The van der Waals surface area contributed by atoms with Gasteiger partial charge in [-0.1, -0.05) is 0 Å². The lowest BCUT2D eigenvalue weighted by Gasteiger charge is -2.10. The highest BCUT2D eigenvalue weighted by atomic mass is 19.3. The van der Waals surface area contributed by atoms with Crippen LogP contribution in [0.15, 0.2) is 18.2 Å². The number of hydrogen-bond donors (Lipinski definition) is 2. The third-order valence-electron chi connectivity index (χ3n) is 1.72. The Labute approximate surface area is 80.8 Å². The van der Waals surface area contributed by atoms with Gasteiger partial charge in [0.2, 0.25) is 0 Å². The number of nitrogens with two attached hydrogens (primary N) is 1. The van der Waals surface area contributed by atoms with Crippen molar-refractivity contribution in [1.29, 1.82) is 0 Å². The summed E-state index contributed by atoms with van der Waals surface area (Å²) in [6.07, 6.45) is -2.57. The van der Waals surface area contributed by atoms with Crippen molar-refractivity contribution in [3.63, 3.8) is 0 Å². The van der Waals surface area contributed by atoms with Gasteiger partial charge in [0.1, 0.15) is 5.75 Å². The first-order chi connectivity index (χ1) is 6.69. The first kappa shape index (κ1) is 10.7. The van der Waals surface area contributed by atoms with Crippen molar-refractivity contribution in [2.75, 3.05) is 12.0 Å². The normalized spacial score (nSPS) is 10.4. The minimum absolute atomic E-state index is 0.154. The minimum Gasteiger partial charge on any atom is -0.494 e. The molecule has 0 spiro atoms. The number of hydrogen-bond acceptors (Lipinski definition) is 3. The molecule has 0 aliphatic heterocycles. The second kappa shape index (κ2) is 4.76. The number of halogens is 2. The molecule has 1 aromatic carbocycles. The number of alkyl halides is 2. The van der Waals surface area contributed by atoms with E-state index in [9.17, 15) is 8.78 Å². The number of rotatable bonds is 4. The van der Waals surface area contributed by atoms with Gasteiger partial charge < -0.3 is 10.2 Å². The summed E-state index contributed by atoms with van der Waals surface area (Å²) in [6, 6.07) is 4.33. The van der Waals surface area contributed by atoms with Crippen LogP contribution in [0, 0.1) is 0 Å². The van der Waals surface area contributed by atoms with Crippen molar-refractivity contribution >= 4 is 5.69 Å². The summed E-state index contributed by atoms with van der Waals surface area (Å²) in [5, 5.41) is 0. The Morgan fingerprint density at radius 1 is 1.50 bits per heavy atom. The maximum atomic E-state index is 12.5. The van der Waals surface area contributed by atoms with Crippen LogP contribution in [0.25, 0.3) is 0 Å². The van der Waals surface area contributed by atoms with Crippen LogP contribution >= 0.6 is 0 Å². The fourth-order valence-corrected chi connectivity index (χ4v) is 1.11. The van der Waals surface area contributed by atoms with E-state index in [1.807, 2.05) is 0 Å². The predicted molar refractivity (Wildman–Crippen MR) is 50.4 cm³/mol. The van der Waals surface area contributed by atoms with Gasteiger partial charge in [0.05, 0.1) is 12.3 Å². The summed E-state index contributed by atoms with van der Waals surface area (Å²) in [5.74, 6) is 5.51. The van der Waals surface area contributed by atoms with E-state index >= 15 is 0 Å². The van der Waals surface area contributed by atoms with Crippen LogP contribution in [-0.4, -0.2) is 6.61 Å². The van der Waals surface area contributed by atoms with Gasteiger partial charge in [-0.3, -0.25) is 5.84 Å². The lowest BCUT2D eigenvalue weighted by Crippen LogP contribution is -2.09. The Morgan fingerprint density at radius 3 is 2.71 bits per heavy atom. The number of nitrogens with one attached hydrogen (secondary N) is 1. The molecule has 5 heteroatoms. The summed E-state index contributed by atoms with van der Waals surface area (Å²) in [6.45, 7) is 2.23. The summed E-state index contributed by atoms with van der Waals surface area (Å²) < 4.78 is 30.1. The molecule has 0 amide bonds. The predicted octanol–water partition coefficient (Wildman–Crippen LogP) is 2.31.